The molecule has 0 amide bonds. The van der Waals surface area contributed by atoms with Crippen LogP contribution in [-0.4, -0.2) is 34.2 Å². The fourth-order valence-corrected chi connectivity index (χ4v) is 3.36. The molecule has 0 aliphatic rings. The van der Waals surface area contributed by atoms with Crippen molar-refractivity contribution < 1.29 is 9.13 Å². The predicted molar refractivity (Wildman–Crippen MR) is 99.8 cm³/mol. The molecule has 0 bridgehead atoms. The van der Waals surface area contributed by atoms with Crippen LogP contribution < -0.4 is 0 Å². The Morgan fingerprint density at radius 1 is 1.28 bits per heavy atom. The summed E-state index contributed by atoms with van der Waals surface area (Å²) < 4.78 is 21.4. The molecule has 132 valence electrons. The normalized spacial score (nSPS) is 12.0. The number of fused-ring (bicyclic) bond motifs is 1. The van der Waals surface area contributed by atoms with E-state index in [2.05, 4.69) is 34.6 Å². The van der Waals surface area contributed by atoms with Crippen molar-refractivity contribution in [1.82, 2.24) is 19.5 Å². The van der Waals surface area contributed by atoms with Crippen molar-refractivity contribution in [2.45, 2.75) is 32.4 Å². The molecule has 5 nitrogen and oxygen atoms in total. The van der Waals surface area contributed by atoms with Gasteiger partial charge in [-0.15, -0.1) is 0 Å². The lowest BCUT2D eigenvalue weighted by atomic mass is 10.2. The maximum absolute atomic E-state index is 13.8. The topological polar surface area (TPSA) is 52.8 Å². The maximum Gasteiger partial charge on any atom is 0.222 e. The quantitative estimate of drug-likeness (QED) is 0.357. The number of hydrogen-bond donors (Lipinski definition) is 0. The Morgan fingerprint density at radius 3 is 2.80 bits per heavy atom. The fourth-order valence-electron chi connectivity index (χ4n) is 2.36. The van der Waals surface area contributed by atoms with Crippen molar-refractivity contribution in [2.75, 3.05) is 6.61 Å². The van der Waals surface area contributed by atoms with Gasteiger partial charge in [0.15, 0.2) is 5.65 Å². The van der Waals surface area contributed by atoms with E-state index < -0.39 is 14.0 Å². The molecule has 0 atom stereocenters. The third-order valence-corrected chi connectivity index (χ3v) is 5.76. The van der Waals surface area contributed by atoms with Crippen LogP contribution in [0.25, 0.3) is 22.4 Å². The zero-order chi connectivity index (χ0) is 18.0. The minimum atomic E-state index is -1.12. The summed E-state index contributed by atoms with van der Waals surface area (Å²) in [6.07, 6.45) is 4.66. The summed E-state index contributed by atoms with van der Waals surface area (Å²) in [7, 11) is -1.12. The number of halogens is 2. The molecule has 3 heterocycles. The molecule has 0 radical (unpaired) electrons. The molecular formula is C17H20ClFN4OSi. The Hall–Kier alpha value is -1.83. The number of rotatable bonds is 6. The highest BCUT2D eigenvalue weighted by molar-refractivity contribution is 6.76. The first-order chi connectivity index (χ1) is 11.8. The molecule has 3 rings (SSSR count). The van der Waals surface area contributed by atoms with E-state index in [1.165, 1.54) is 12.4 Å². The van der Waals surface area contributed by atoms with Gasteiger partial charge in [0.1, 0.15) is 12.2 Å². The van der Waals surface area contributed by atoms with E-state index >= 15 is 0 Å². The van der Waals surface area contributed by atoms with Crippen LogP contribution in [0.4, 0.5) is 4.39 Å². The molecule has 0 aliphatic carbocycles. The van der Waals surface area contributed by atoms with Gasteiger partial charge in [0.2, 0.25) is 5.95 Å². The molecule has 0 saturated heterocycles. The second-order valence-corrected chi connectivity index (χ2v) is 13.1. The Bertz CT molecular complexity index is 894. The lowest BCUT2D eigenvalue weighted by Gasteiger charge is -2.15. The van der Waals surface area contributed by atoms with Crippen molar-refractivity contribution in [1.29, 1.82) is 0 Å². The summed E-state index contributed by atoms with van der Waals surface area (Å²) in [5, 5.41) is 0.461. The van der Waals surface area contributed by atoms with E-state index in [0.29, 0.717) is 40.8 Å². The molecular weight excluding hydrogens is 359 g/mol. The maximum atomic E-state index is 13.8. The largest absolute Gasteiger partial charge is 0.361 e. The van der Waals surface area contributed by atoms with Gasteiger partial charge >= 0.3 is 0 Å². The fraction of sp³-hybridized carbons (Fsp3) is 0.353. The first-order valence-electron chi connectivity index (χ1n) is 8.05. The lowest BCUT2D eigenvalue weighted by molar-refractivity contribution is 0.0899. The second-order valence-electron chi connectivity index (χ2n) is 7.06. The predicted octanol–water partition coefficient (Wildman–Crippen LogP) is 4.60. The van der Waals surface area contributed by atoms with Crippen molar-refractivity contribution >= 4 is 30.8 Å². The standard InChI is InChI=1S/C17H20ClFN4OSi/c1-25(2,3)8-7-24-11-23-10-13(18)15-17(23)21-9-14(22-15)12-5-4-6-20-16(12)19/h4-6,9-10H,7-8,11H2,1-3H3. The van der Waals surface area contributed by atoms with Crippen LogP contribution in [0.5, 0.6) is 0 Å². The Balaban J connectivity index is 1.83. The van der Waals surface area contributed by atoms with Crippen molar-refractivity contribution in [2.24, 2.45) is 0 Å². The van der Waals surface area contributed by atoms with Gasteiger partial charge in [0, 0.05) is 27.1 Å². The Morgan fingerprint density at radius 2 is 2.08 bits per heavy atom. The van der Waals surface area contributed by atoms with Gasteiger partial charge in [-0.2, -0.15) is 4.39 Å². The van der Waals surface area contributed by atoms with Crippen molar-refractivity contribution in [3.05, 3.63) is 41.7 Å². The highest BCUT2D eigenvalue weighted by Gasteiger charge is 2.15. The number of ether oxygens (including phenoxy) is 1. The molecule has 3 aromatic rings. The van der Waals surface area contributed by atoms with Crippen LogP contribution in [0.2, 0.25) is 30.7 Å². The van der Waals surface area contributed by atoms with Crippen LogP contribution >= 0.6 is 11.6 Å². The molecule has 8 heteroatoms. The van der Waals surface area contributed by atoms with Gasteiger partial charge < -0.3 is 9.30 Å². The monoisotopic (exact) mass is 378 g/mol. The molecule has 0 spiro atoms. The SMILES string of the molecule is C[Si](C)(C)CCOCn1cc(Cl)c2nc(-c3cccnc3F)cnc21. The van der Waals surface area contributed by atoms with E-state index in [4.69, 9.17) is 16.3 Å². The second kappa shape index (κ2) is 7.19. The van der Waals surface area contributed by atoms with E-state index in [1.54, 1.807) is 18.3 Å². The summed E-state index contributed by atoms with van der Waals surface area (Å²) in [5.74, 6) is -0.582. The zero-order valence-electron chi connectivity index (χ0n) is 14.5. The van der Waals surface area contributed by atoms with Crippen LogP contribution in [0.15, 0.2) is 30.7 Å². The van der Waals surface area contributed by atoms with Gasteiger partial charge in [-0.25, -0.2) is 15.0 Å². The highest BCUT2D eigenvalue weighted by Crippen LogP contribution is 2.26. The number of nitrogens with zero attached hydrogens (tertiary/aromatic N) is 4. The highest BCUT2D eigenvalue weighted by atomic mass is 35.5. The molecule has 0 aliphatic heterocycles. The molecule has 0 unspecified atom stereocenters. The number of aromatic nitrogens is 4. The van der Waals surface area contributed by atoms with Gasteiger partial charge in [0.05, 0.1) is 22.5 Å². The van der Waals surface area contributed by atoms with Gasteiger partial charge in [0.25, 0.3) is 0 Å². The minimum absolute atomic E-state index is 0.298. The van der Waals surface area contributed by atoms with Gasteiger partial charge in [-0.05, 0) is 18.2 Å². The summed E-state index contributed by atoms with van der Waals surface area (Å²) >= 11 is 6.28. The molecule has 0 N–H and O–H groups in total. The first kappa shape index (κ1) is 18.0. The van der Waals surface area contributed by atoms with Crippen LogP contribution in [0, 0.1) is 5.95 Å². The summed E-state index contributed by atoms with van der Waals surface area (Å²) in [4.78, 5) is 12.5. The van der Waals surface area contributed by atoms with E-state index in [9.17, 15) is 4.39 Å². The molecule has 25 heavy (non-hydrogen) atoms. The average molecular weight is 379 g/mol. The summed E-state index contributed by atoms with van der Waals surface area (Å²) in [6, 6.07) is 4.36. The van der Waals surface area contributed by atoms with Gasteiger partial charge in [-0.1, -0.05) is 31.2 Å². The van der Waals surface area contributed by atoms with E-state index in [0.717, 1.165) is 6.04 Å². The molecule has 0 aromatic carbocycles. The minimum Gasteiger partial charge on any atom is -0.361 e. The number of pyridine rings is 1. The van der Waals surface area contributed by atoms with Gasteiger partial charge in [-0.3, -0.25) is 0 Å². The molecule has 0 fully saturated rings. The average Bonchev–Trinajstić information content (AvgIpc) is 2.87. The first-order valence-corrected chi connectivity index (χ1v) is 12.1. The molecule has 0 saturated carbocycles. The van der Waals surface area contributed by atoms with E-state index in [-0.39, 0.29) is 0 Å². The summed E-state index contributed by atoms with van der Waals surface area (Å²) in [6.45, 7) is 8.00. The number of hydrogen-bond acceptors (Lipinski definition) is 4. The Labute approximate surface area is 151 Å². The smallest absolute Gasteiger partial charge is 0.222 e. The lowest BCUT2D eigenvalue weighted by Crippen LogP contribution is -2.22. The third-order valence-electron chi connectivity index (χ3n) is 3.78. The molecule has 3 aromatic heterocycles. The Kier molecular flexibility index (Phi) is 5.17. The van der Waals surface area contributed by atoms with Crippen molar-refractivity contribution in [3.8, 4) is 11.3 Å². The van der Waals surface area contributed by atoms with Crippen LogP contribution in [0.3, 0.4) is 0 Å². The zero-order valence-corrected chi connectivity index (χ0v) is 16.2. The van der Waals surface area contributed by atoms with Crippen molar-refractivity contribution in [3.63, 3.8) is 0 Å². The third kappa shape index (κ3) is 4.23. The van der Waals surface area contributed by atoms with Crippen LogP contribution in [0.1, 0.15) is 0 Å². The van der Waals surface area contributed by atoms with Crippen LogP contribution in [-0.2, 0) is 11.5 Å². The van der Waals surface area contributed by atoms with E-state index in [1.807, 2.05) is 4.57 Å². The summed E-state index contributed by atoms with van der Waals surface area (Å²) in [5.41, 5.74) is 1.84.